The highest BCUT2D eigenvalue weighted by Gasteiger charge is 2.28. The molecular formula is C15H10Cl2O2. The number of benzene rings is 2. The van der Waals surface area contributed by atoms with Crippen molar-refractivity contribution in [3.05, 3.63) is 63.6 Å². The molecule has 2 nitrogen and oxygen atoms in total. The minimum atomic E-state index is -0.338. The molecule has 1 aliphatic heterocycles. The lowest BCUT2D eigenvalue weighted by Crippen LogP contribution is -2.20. The number of ether oxygens (including phenoxy) is 1. The van der Waals surface area contributed by atoms with E-state index in [4.69, 9.17) is 27.9 Å². The van der Waals surface area contributed by atoms with Gasteiger partial charge in [-0.15, -0.1) is 0 Å². The zero-order valence-corrected chi connectivity index (χ0v) is 11.4. The van der Waals surface area contributed by atoms with Crippen LogP contribution < -0.4 is 4.74 Å². The van der Waals surface area contributed by atoms with Gasteiger partial charge < -0.3 is 4.74 Å². The van der Waals surface area contributed by atoms with Gasteiger partial charge >= 0.3 is 0 Å². The van der Waals surface area contributed by atoms with E-state index in [1.54, 1.807) is 24.3 Å². The topological polar surface area (TPSA) is 26.3 Å². The average molecular weight is 293 g/mol. The van der Waals surface area contributed by atoms with Gasteiger partial charge in [0.25, 0.3) is 0 Å². The molecule has 4 heteroatoms. The lowest BCUT2D eigenvalue weighted by Gasteiger charge is -2.26. The molecule has 3 rings (SSSR count). The van der Waals surface area contributed by atoms with Crippen molar-refractivity contribution in [2.45, 2.75) is 12.5 Å². The fourth-order valence-corrected chi connectivity index (χ4v) is 2.64. The Labute approximate surface area is 120 Å². The number of hydrogen-bond donors (Lipinski definition) is 0. The normalized spacial score (nSPS) is 17.8. The maximum Gasteiger partial charge on any atom is 0.170 e. The molecule has 0 amide bonds. The van der Waals surface area contributed by atoms with Gasteiger partial charge in [-0.3, -0.25) is 4.79 Å². The number of fused-ring (bicyclic) bond motifs is 1. The van der Waals surface area contributed by atoms with E-state index < -0.39 is 0 Å². The molecule has 0 radical (unpaired) electrons. The van der Waals surface area contributed by atoms with E-state index in [2.05, 4.69) is 0 Å². The van der Waals surface area contributed by atoms with Crippen molar-refractivity contribution < 1.29 is 9.53 Å². The summed E-state index contributed by atoms with van der Waals surface area (Å²) in [4.78, 5) is 12.2. The van der Waals surface area contributed by atoms with Crippen molar-refractivity contribution in [2.75, 3.05) is 0 Å². The first-order valence-corrected chi connectivity index (χ1v) is 6.64. The first kappa shape index (κ1) is 12.5. The van der Waals surface area contributed by atoms with E-state index >= 15 is 0 Å². The quantitative estimate of drug-likeness (QED) is 0.761. The zero-order valence-electron chi connectivity index (χ0n) is 9.90. The van der Waals surface area contributed by atoms with Crippen molar-refractivity contribution in [3.63, 3.8) is 0 Å². The van der Waals surface area contributed by atoms with Crippen LogP contribution in [-0.4, -0.2) is 5.78 Å². The Balaban J connectivity index is 2.00. The summed E-state index contributed by atoms with van der Waals surface area (Å²) >= 11 is 12.0. The monoisotopic (exact) mass is 292 g/mol. The second-order valence-electron chi connectivity index (χ2n) is 4.40. The van der Waals surface area contributed by atoms with E-state index in [0.717, 1.165) is 5.56 Å². The third kappa shape index (κ3) is 2.34. The lowest BCUT2D eigenvalue weighted by molar-refractivity contribution is 0.0850. The van der Waals surface area contributed by atoms with Crippen LogP contribution in [0, 0.1) is 0 Å². The second kappa shape index (κ2) is 4.87. The highest BCUT2D eigenvalue weighted by atomic mass is 35.5. The molecule has 0 saturated carbocycles. The van der Waals surface area contributed by atoms with Gasteiger partial charge in [-0.2, -0.15) is 0 Å². The molecule has 1 atom stereocenters. The Morgan fingerprint density at radius 3 is 2.68 bits per heavy atom. The maximum absolute atomic E-state index is 12.2. The number of carbonyl (C=O) groups excluding carboxylic acids is 1. The summed E-state index contributed by atoms with van der Waals surface area (Å²) in [6, 6.07) is 12.5. The molecule has 0 N–H and O–H groups in total. The highest BCUT2D eigenvalue weighted by molar-refractivity contribution is 6.31. The molecular weight excluding hydrogens is 283 g/mol. The molecule has 0 bridgehead atoms. The van der Waals surface area contributed by atoms with Crippen LogP contribution in [0.15, 0.2) is 42.5 Å². The average Bonchev–Trinajstić information content (AvgIpc) is 2.40. The van der Waals surface area contributed by atoms with E-state index in [-0.39, 0.29) is 18.3 Å². The molecule has 2 aromatic carbocycles. The van der Waals surface area contributed by atoms with Crippen molar-refractivity contribution >= 4 is 29.0 Å². The fourth-order valence-electron chi connectivity index (χ4n) is 2.21. The van der Waals surface area contributed by atoms with E-state index in [0.29, 0.717) is 21.4 Å². The first-order chi connectivity index (χ1) is 9.15. The van der Waals surface area contributed by atoms with E-state index in [1.165, 1.54) is 0 Å². The molecule has 0 fully saturated rings. The Bertz CT molecular complexity index is 652. The standard InChI is InChI=1S/C15H10Cl2O2/c16-9-5-6-14-11(7-9)13(18)8-15(19-14)10-3-1-2-4-12(10)17/h1-7,15H,8H2. The van der Waals surface area contributed by atoms with Gasteiger partial charge in [0.2, 0.25) is 0 Å². The molecule has 0 saturated heterocycles. The summed E-state index contributed by atoms with van der Waals surface area (Å²) in [5.74, 6) is 0.583. The van der Waals surface area contributed by atoms with Crippen LogP contribution in [0.3, 0.4) is 0 Å². The van der Waals surface area contributed by atoms with Crippen LogP contribution in [0.1, 0.15) is 28.4 Å². The molecule has 96 valence electrons. The summed E-state index contributed by atoms with van der Waals surface area (Å²) < 4.78 is 5.86. The third-order valence-electron chi connectivity index (χ3n) is 3.13. The summed E-state index contributed by atoms with van der Waals surface area (Å²) in [5.41, 5.74) is 1.37. The van der Waals surface area contributed by atoms with Crippen LogP contribution in [0.2, 0.25) is 10.0 Å². The molecule has 1 aliphatic rings. The fraction of sp³-hybridized carbons (Fsp3) is 0.133. The van der Waals surface area contributed by atoms with Gasteiger partial charge in [0.15, 0.2) is 5.78 Å². The number of carbonyl (C=O) groups is 1. The van der Waals surface area contributed by atoms with Crippen LogP contribution in [0.5, 0.6) is 5.75 Å². The van der Waals surface area contributed by atoms with Crippen molar-refractivity contribution in [2.24, 2.45) is 0 Å². The van der Waals surface area contributed by atoms with Crippen LogP contribution >= 0.6 is 23.2 Å². The van der Waals surface area contributed by atoms with Crippen molar-refractivity contribution in [1.29, 1.82) is 0 Å². The number of halogens is 2. The van der Waals surface area contributed by atoms with Gasteiger partial charge in [0, 0.05) is 15.6 Å². The largest absolute Gasteiger partial charge is 0.484 e. The minimum absolute atomic E-state index is 0.0219. The molecule has 1 unspecified atom stereocenters. The summed E-state index contributed by atoms with van der Waals surface area (Å²) in [6.45, 7) is 0. The van der Waals surface area contributed by atoms with E-state index in [9.17, 15) is 4.79 Å². The van der Waals surface area contributed by atoms with Crippen LogP contribution in [0.4, 0.5) is 0 Å². The van der Waals surface area contributed by atoms with Gasteiger partial charge in [0.1, 0.15) is 11.9 Å². The molecule has 19 heavy (non-hydrogen) atoms. The second-order valence-corrected chi connectivity index (χ2v) is 5.24. The Hall–Kier alpha value is -1.51. The van der Waals surface area contributed by atoms with Gasteiger partial charge in [-0.25, -0.2) is 0 Å². The Morgan fingerprint density at radius 1 is 1.11 bits per heavy atom. The molecule has 0 spiro atoms. The zero-order chi connectivity index (χ0) is 13.4. The Morgan fingerprint density at radius 2 is 1.89 bits per heavy atom. The van der Waals surface area contributed by atoms with Crippen LogP contribution in [0.25, 0.3) is 0 Å². The van der Waals surface area contributed by atoms with Gasteiger partial charge in [0.05, 0.1) is 12.0 Å². The Kier molecular flexibility index (Phi) is 3.21. The first-order valence-electron chi connectivity index (χ1n) is 5.89. The highest BCUT2D eigenvalue weighted by Crippen LogP contribution is 2.38. The predicted molar refractivity (Wildman–Crippen MR) is 75.2 cm³/mol. The van der Waals surface area contributed by atoms with Gasteiger partial charge in [-0.05, 0) is 24.3 Å². The number of Topliss-reactive ketones (excluding diaryl/α,β-unsaturated/α-hetero) is 1. The molecule has 1 heterocycles. The van der Waals surface area contributed by atoms with Crippen LogP contribution in [-0.2, 0) is 0 Å². The maximum atomic E-state index is 12.2. The minimum Gasteiger partial charge on any atom is -0.484 e. The third-order valence-corrected chi connectivity index (χ3v) is 3.71. The number of ketones is 1. The smallest absolute Gasteiger partial charge is 0.170 e. The lowest BCUT2D eigenvalue weighted by atomic mass is 9.96. The number of rotatable bonds is 1. The molecule has 0 aliphatic carbocycles. The number of hydrogen-bond acceptors (Lipinski definition) is 2. The van der Waals surface area contributed by atoms with Gasteiger partial charge in [-0.1, -0.05) is 41.4 Å². The molecule has 0 aromatic heterocycles. The van der Waals surface area contributed by atoms with E-state index in [1.807, 2.05) is 18.2 Å². The van der Waals surface area contributed by atoms with Crippen molar-refractivity contribution in [3.8, 4) is 5.75 Å². The summed E-state index contributed by atoms with van der Waals surface area (Å²) in [6.07, 6.45) is -0.0632. The predicted octanol–water partition coefficient (Wildman–Crippen LogP) is 4.70. The summed E-state index contributed by atoms with van der Waals surface area (Å²) in [5, 5.41) is 1.14. The van der Waals surface area contributed by atoms with Crippen molar-refractivity contribution in [1.82, 2.24) is 0 Å². The SMILES string of the molecule is O=C1CC(c2ccccc2Cl)Oc2ccc(Cl)cc21. The summed E-state index contributed by atoms with van der Waals surface area (Å²) in [7, 11) is 0. The molecule has 2 aromatic rings.